The van der Waals surface area contributed by atoms with E-state index in [9.17, 15) is 9.59 Å². The summed E-state index contributed by atoms with van der Waals surface area (Å²) < 4.78 is 5.31. The van der Waals surface area contributed by atoms with Crippen molar-refractivity contribution in [3.63, 3.8) is 0 Å². The molecule has 6 heteroatoms. The Morgan fingerprint density at radius 2 is 1.82 bits per heavy atom. The molecular weight excluding hydrogens is 354 g/mol. The molecule has 0 aliphatic heterocycles. The average molecular weight is 386 g/mol. The summed E-state index contributed by atoms with van der Waals surface area (Å²) in [4.78, 5) is 25.7. The smallest absolute Gasteiger partial charge is 0.273 e. The van der Waals surface area contributed by atoms with Gasteiger partial charge in [0.1, 0.15) is 11.5 Å². The van der Waals surface area contributed by atoms with Crippen LogP contribution in [0.3, 0.4) is 0 Å². The number of hydrogen-bond acceptors (Lipinski definition) is 5. The first-order chi connectivity index (χ1) is 13.6. The third-order valence-electron chi connectivity index (χ3n) is 7.52. The van der Waals surface area contributed by atoms with Gasteiger partial charge in [-0.25, -0.2) is 0 Å². The highest BCUT2D eigenvalue weighted by Crippen LogP contribution is 2.52. The highest BCUT2D eigenvalue weighted by atomic mass is 16.5. The van der Waals surface area contributed by atoms with Crippen molar-refractivity contribution in [2.24, 2.45) is 29.4 Å². The van der Waals surface area contributed by atoms with E-state index < -0.39 is 0 Å². The van der Waals surface area contributed by atoms with Gasteiger partial charge in [-0.3, -0.25) is 9.59 Å². The lowest BCUT2D eigenvalue weighted by molar-refractivity contribution is -0.128. The maximum atomic E-state index is 13.1. The van der Waals surface area contributed by atoms with Crippen LogP contribution in [0.4, 0.5) is 0 Å². The van der Waals surface area contributed by atoms with E-state index in [0.717, 1.165) is 70.0 Å². The molecule has 1 amide bonds. The molecule has 4 atom stereocenters. The fraction of sp³-hybridized carbons (Fsp3) is 0.773. The second kappa shape index (κ2) is 7.29. The molecule has 28 heavy (non-hydrogen) atoms. The van der Waals surface area contributed by atoms with E-state index in [4.69, 9.17) is 10.3 Å². The SMILES string of the molecule is NC1CCC(C(=O)C2CC[C@@H](NC(=O)c3cc(C4CC4)on3)CC3CC32)CC1. The maximum absolute atomic E-state index is 13.1. The van der Waals surface area contributed by atoms with Crippen molar-refractivity contribution in [2.45, 2.75) is 82.2 Å². The molecule has 6 nitrogen and oxygen atoms in total. The molecule has 4 aliphatic rings. The van der Waals surface area contributed by atoms with Crippen molar-refractivity contribution in [1.82, 2.24) is 10.5 Å². The summed E-state index contributed by atoms with van der Waals surface area (Å²) in [7, 11) is 0. The monoisotopic (exact) mass is 385 g/mol. The normalized spacial score (nSPS) is 37.6. The van der Waals surface area contributed by atoms with Gasteiger partial charge in [-0.1, -0.05) is 5.16 Å². The Morgan fingerprint density at radius 3 is 2.57 bits per heavy atom. The highest BCUT2D eigenvalue weighted by molar-refractivity contribution is 5.92. The van der Waals surface area contributed by atoms with Gasteiger partial charge in [0.25, 0.3) is 5.91 Å². The maximum Gasteiger partial charge on any atom is 0.273 e. The van der Waals surface area contributed by atoms with Gasteiger partial charge in [-0.2, -0.15) is 0 Å². The molecule has 3 N–H and O–H groups in total. The molecule has 0 bridgehead atoms. The lowest BCUT2D eigenvalue weighted by Crippen LogP contribution is -2.36. The predicted molar refractivity (Wildman–Crippen MR) is 104 cm³/mol. The van der Waals surface area contributed by atoms with Gasteiger partial charge in [0.2, 0.25) is 0 Å². The summed E-state index contributed by atoms with van der Waals surface area (Å²) in [6.07, 6.45) is 10.1. The lowest BCUT2D eigenvalue weighted by atomic mass is 9.77. The fourth-order valence-corrected chi connectivity index (χ4v) is 5.52. The highest BCUT2D eigenvalue weighted by Gasteiger charge is 2.49. The number of ketones is 1. The summed E-state index contributed by atoms with van der Waals surface area (Å²) in [5.41, 5.74) is 6.40. The molecule has 0 aromatic carbocycles. The molecule has 4 saturated carbocycles. The molecule has 4 aliphatic carbocycles. The third-order valence-corrected chi connectivity index (χ3v) is 7.52. The van der Waals surface area contributed by atoms with Crippen molar-refractivity contribution >= 4 is 11.7 Å². The summed E-state index contributed by atoms with van der Waals surface area (Å²) in [5.74, 6) is 3.19. The number of carbonyl (C=O) groups is 2. The van der Waals surface area contributed by atoms with E-state index in [1.54, 1.807) is 6.07 Å². The Bertz CT molecular complexity index is 748. The number of Topliss-reactive ketones (excluding diaryl/α,β-unsaturated/α-hetero) is 1. The minimum absolute atomic E-state index is 0.135. The second-order valence-corrected chi connectivity index (χ2v) is 9.65. The number of amides is 1. The molecule has 1 aromatic heterocycles. The van der Waals surface area contributed by atoms with Crippen LogP contribution in [0, 0.1) is 23.7 Å². The molecule has 5 rings (SSSR count). The number of nitrogens with one attached hydrogen (secondary N) is 1. The molecule has 152 valence electrons. The molecule has 1 aromatic rings. The first-order valence-electron chi connectivity index (χ1n) is 11.1. The van der Waals surface area contributed by atoms with E-state index in [2.05, 4.69) is 10.5 Å². The minimum atomic E-state index is -0.135. The first kappa shape index (κ1) is 18.3. The molecular formula is C22H31N3O3. The Morgan fingerprint density at radius 1 is 1.04 bits per heavy atom. The van der Waals surface area contributed by atoms with Crippen molar-refractivity contribution in [3.8, 4) is 0 Å². The van der Waals surface area contributed by atoms with Gasteiger partial charge in [0.15, 0.2) is 5.69 Å². The largest absolute Gasteiger partial charge is 0.360 e. The zero-order chi connectivity index (χ0) is 19.3. The summed E-state index contributed by atoms with van der Waals surface area (Å²) in [5, 5.41) is 7.12. The molecule has 0 saturated heterocycles. The number of hydrogen-bond donors (Lipinski definition) is 2. The zero-order valence-electron chi connectivity index (χ0n) is 16.4. The minimum Gasteiger partial charge on any atom is -0.360 e. The van der Waals surface area contributed by atoms with Crippen LogP contribution in [0.5, 0.6) is 0 Å². The molecule has 0 radical (unpaired) electrons. The van der Waals surface area contributed by atoms with Crippen LogP contribution in [0.15, 0.2) is 10.6 Å². The van der Waals surface area contributed by atoms with E-state index in [-0.39, 0.29) is 29.8 Å². The van der Waals surface area contributed by atoms with Crippen molar-refractivity contribution in [1.29, 1.82) is 0 Å². The van der Waals surface area contributed by atoms with Crippen LogP contribution in [-0.4, -0.2) is 28.9 Å². The van der Waals surface area contributed by atoms with E-state index in [1.807, 2.05) is 0 Å². The van der Waals surface area contributed by atoms with E-state index in [0.29, 0.717) is 29.2 Å². The van der Waals surface area contributed by atoms with E-state index >= 15 is 0 Å². The number of rotatable bonds is 5. The number of nitrogens with zero attached hydrogens (tertiary/aromatic N) is 1. The van der Waals surface area contributed by atoms with Crippen LogP contribution < -0.4 is 11.1 Å². The molecule has 0 spiro atoms. The lowest BCUT2D eigenvalue weighted by Gasteiger charge is -2.28. The standard InChI is InChI=1S/C22H31N3O3/c23-15-5-3-13(4-6-15)21(26)17-8-7-16(9-14-10-18(14)17)24-22(27)19-11-20(28-25-19)12-1-2-12/h11-18H,1-10,23H2,(H,24,27)/t13?,14?,15?,16-,17?,18?/m1/s1. The van der Waals surface area contributed by atoms with Crippen LogP contribution in [0.2, 0.25) is 0 Å². The van der Waals surface area contributed by atoms with Crippen molar-refractivity contribution in [3.05, 3.63) is 17.5 Å². The van der Waals surface area contributed by atoms with Crippen LogP contribution in [-0.2, 0) is 4.79 Å². The molecule has 3 unspecified atom stereocenters. The van der Waals surface area contributed by atoms with Gasteiger partial charge in [-0.05, 0) is 76.0 Å². The Balaban J connectivity index is 1.18. The van der Waals surface area contributed by atoms with Gasteiger partial charge in [0, 0.05) is 35.9 Å². The van der Waals surface area contributed by atoms with Crippen LogP contribution in [0.25, 0.3) is 0 Å². The molecule has 4 fully saturated rings. The van der Waals surface area contributed by atoms with E-state index in [1.165, 1.54) is 0 Å². The average Bonchev–Trinajstić information content (AvgIpc) is 3.60. The number of aromatic nitrogens is 1. The quantitative estimate of drug-likeness (QED) is 0.811. The zero-order valence-corrected chi connectivity index (χ0v) is 16.4. The Kier molecular flexibility index (Phi) is 4.77. The summed E-state index contributed by atoms with van der Waals surface area (Å²) >= 11 is 0. The van der Waals surface area contributed by atoms with Gasteiger partial charge in [-0.15, -0.1) is 0 Å². The summed E-state index contributed by atoms with van der Waals surface area (Å²) in [6.45, 7) is 0. The Hall–Kier alpha value is -1.69. The van der Waals surface area contributed by atoms with Crippen LogP contribution in [0.1, 0.15) is 86.4 Å². The molecule has 1 heterocycles. The number of nitrogens with two attached hydrogens (primary N) is 1. The van der Waals surface area contributed by atoms with Gasteiger partial charge >= 0.3 is 0 Å². The topological polar surface area (TPSA) is 98.2 Å². The Labute approximate surface area is 166 Å². The summed E-state index contributed by atoms with van der Waals surface area (Å²) in [6, 6.07) is 2.22. The number of fused-ring (bicyclic) bond motifs is 1. The van der Waals surface area contributed by atoms with Crippen molar-refractivity contribution < 1.29 is 14.1 Å². The first-order valence-corrected chi connectivity index (χ1v) is 11.1. The van der Waals surface area contributed by atoms with Crippen molar-refractivity contribution in [2.75, 3.05) is 0 Å². The number of carbonyl (C=O) groups excluding carboxylic acids is 2. The van der Waals surface area contributed by atoms with Gasteiger partial charge in [0.05, 0.1) is 0 Å². The predicted octanol–water partition coefficient (Wildman–Crippen LogP) is 3.17. The van der Waals surface area contributed by atoms with Crippen LogP contribution >= 0.6 is 0 Å². The third kappa shape index (κ3) is 3.76. The fourth-order valence-electron chi connectivity index (χ4n) is 5.52. The second-order valence-electron chi connectivity index (χ2n) is 9.65. The van der Waals surface area contributed by atoms with Gasteiger partial charge < -0.3 is 15.6 Å².